The number of rotatable bonds is 2. The zero-order valence-corrected chi connectivity index (χ0v) is 10.4. The van der Waals surface area contributed by atoms with Crippen LogP contribution in [0.2, 0.25) is 5.02 Å². The van der Waals surface area contributed by atoms with Crippen LogP contribution in [0.15, 0.2) is 18.2 Å². The SMILES string of the molecule is CC1OC(c2ccc(F)cc2Cl)CNC1C(=O)O. The summed E-state index contributed by atoms with van der Waals surface area (Å²) in [5.74, 6) is -1.37. The van der Waals surface area contributed by atoms with Gasteiger partial charge in [0.2, 0.25) is 0 Å². The molecule has 1 aliphatic heterocycles. The number of carboxylic acids is 1. The van der Waals surface area contributed by atoms with Gasteiger partial charge in [0.15, 0.2) is 0 Å². The second-order valence-electron chi connectivity index (χ2n) is 4.22. The van der Waals surface area contributed by atoms with Crippen molar-refractivity contribution in [3.05, 3.63) is 34.6 Å². The van der Waals surface area contributed by atoms with Gasteiger partial charge in [-0.1, -0.05) is 17.7 Å². The lowest BCUT2D eigenvalue weighted by molar-refractivity contribution is -0.149. The second kappa shape index (κ2) is 5.22. The lowest BCUT2D eigenvalue weighted by Gasteiger charge is -2.34. The minimum Gasteiger partial charge on any atom is -0.480 e. The van der Waals surface area contributed by atoms with E-state index in [1.54, 1.807) is 13.0 Å². The minimum absolute atomic E-state index is 0.280. The Labute approximate surface area is 109 Å². The number of carboxylic acid groups (broad SMARTS) is 1. The maximum Gasteiger partial charge on any atom is 0.323 e. The van der Waals surface area contributed by atoms with Crippen LogP contribution >= 0.6 is 11.6 Å². The van der Waals surface area contributed by atoms with E-state index in [9.17, 15) is 9.18 Å². The lowest BCUT2D eigenvalue weighted by Crippen LogP contribution is -2.52. The molecule has 3 unspecified atom stereocenters. The second-order valence-corrected chi connectivity index (χ2v) is 4.63. The number of carbonyl (C=O) groups is 1. The van der Waals surface area contributed by atoms with Crippen molar-refractivity contribution in [2.45, 2.75) is 25.2 Å². The van der Waals surface area contributed by atoms with Gasteiger partial charge in [0.1, 0.15) is 11.9 Å². The molecular formula is C12H13ClFNO3. The first-order valence-electron chi connectivity index (χ1n) is 5.55. The van der Waals surface area contributed by atoms with Gasteiger partial charge in [0.05, 0.1) is 12.2 Å². The third-order valence-corrected chi connectivity index (χ3v) is 3.27. The topological polar surface area (TPSA) is 58.6 Å². The van der Waals surface area contributed by atoms with Crippen molar-refractivity contribution in [3.63, 3.8) is 0 Å². The molecule has 0 amide bonds. The Morgan fingerprint density at radius 3 is 2.89 bits per heavy atom. The molecular weight excluding hydrogens is 261 g/mol. The smallest absolute Gasteiger partial charge is 0.323 e. The number of benzene rings is 1. The molecule has 4 nitrogen and oxygen atoms in total. The molecule has 3 atom stereocenters. The molecule has 0 radical (unpaired) electrons. The maximum atomic E-state index is 12.9. The first-order chi connectivity index (χ1) is 8.49. The molecule has 18 heavy (non-hydrogen) atoms. The van der Waals surface area contributed by atoms with Crippen molar-refractivity contribution in [3.8, 4) is 0 Å². The normalized spacial score (nSPS) is 28.1. The van der Waals surface area contributed by atoms with Gasteiger partial charge in [0, 0.05) is 17.1 Å². The van der Waals surface area contributed by atoms with Gasteiger partial charge in [0.25, 0.3) is 0 Å². The highest BCUT2D eigenvalue weighted by Crippen LogP contribution is 2.29. The van der Waals surface area contributed by atoms with Gasteiger partial charge in [-0.25, -0.2) is 4.39 Å². The Balaban J connectivity index is 2.15. The molecule has 1 aromatic carbocycles. The van der Waals surface area contributed by atoms with Crippen LogP contribution in [0, 0.1) is 5.82 Å². The Kier molecular flexibility index (Phi) is 3.85. The monoisotopic (exact) mass is 273 g/mol. The van der Waals surface area contributed by atoms with E-state index >= 15 is 0 Å². The number of aliphatic carboxylic acids is 1. The molecule has 0 saturated carbocycles. The minimum atomic E-state index is -0.953. The first-order valence-corrected chi connectivity index (χ1v) is 5.93. The number of hydrogen-bond acceptors (Lipinski definition) is 3. The average Bonchev–Trinajstić information content (AvgIpc) is 2.28. The van der Waals surface area contributed by atoms with Crippen LogP contribution in [0.1, 0.15) is 18.6 Å². The van der Waals surface area contributed by atoms with Crippen LogP contribution in [0.25, 0.3) is 0 Å². The molecule has 0 aliphatic carbocycles. The molecule has 1 aliphatic rings. The molecule has 2 rings (SSSR count). The van der Waals surface area contributed by atoms with Crippen molar-refractivity contribution >= 4 is 17.6 Å². The summed E-state index contributed by atoms with van der Waals surface area (Å²) >= 11 is 5.95. The van der Waals surface area contributed by atoms with Gasteiger partial charge >= 0.3 is 5.97 Å². The quantitative estimate of drug-likeness (QED) is 0.865. The van der Waals surface area contributed by atoms with Crippen LogP contribution in [0.5, 0.6) is 0 Å². The summed E-state index contributed by atoms with van der Waals surface area (Å²) in [5, 5.41) is 12.1. The largest absolute Gasteiger partial charge is 0.480 e. The number of ether oxygens (including phenoxy) is 1. The predicted molar refractivity (Wildman–Crippen MR) is 64.1 cm³/mol. The fourth-order valence-electron chi connectivity index (χ4n) is 2.02. The van der Waals surface area contributed by atoms with Gasteiger partial charge in [-0.2, -0.15) is 0 Å². The molecule has 1 fully saturated rings. The van der Waals surface area contributed by atoms with E-state index in [0.717, 1.165) is 0 Å². The Morgan fingerprint density at radius 2 is 2.33 bits per heavy atom. The zero-order valence-electron chi connectivity index (χ0n) is 9.69. The van der Waals surface area contributed by atoms with E-state index in [-0.39, 0.29) is 11.1 Å². The molecule has 6 heteroatoms. The average molecular weight is 274 g/mol. The highest BCUT2D eigenvalue weighted by Gasteiger charge is 2.33. The molecule has 1 aromatic rings. The molecule has 2 N–H and O–H groups in total. The summed E-state index contributed by atoms with van der Waals surface area (Å²) in [6.45, 7) is 2.00. The highest BCUT2D eigenvalue weighted by molar-refractivity contribution is 6.31. The Hall–Kier alpha value is -1.17. The number of morpholine rings is 1. The summed E-state index contributed by atoms with van der Waals surface area (Å²) in [4.78, 5) is 10.9. The van der Waals surface area contributed by atoms with Gasteiger partial charge < -0.3 is 9.84 Å². The Morgan fingerprint density at radius 1 is 1.61 bits per heavy atom. The fraction of sp³-hybridized carbons (Fsp3) is 0.417. The Bertz CT molecular complexity index is 469. The highest BCUT2D eigenvalue weighted by atomic mass is 35.5. The predicted octanol–water partition coefficient (Wildman–Crippen LogP) is 1.98. The molecule has 98 valence electrons. The van der Waals surface area contributed by atoms with Crippen LogP contribution in [-0.2, 0) is 9.53 Å². The number of hydrogen-bond donors (Lipinski definition) is 2. The third-order valence-electron chi connectivity index (χ3n) is 2.95. The summed E-state index contributed by atoms with van der Waals surface area (Å²) in [7, 11) is 0. The van der Waals surface area contributed by atoms with Crippen molar-refractivity contribution in [1.82, 2.24) is 5.32 Å². The van der Waals surface area contributed by atoms with Gasteiger partial charge in [-0.15, -0.1) is 0 Å². The van der Waals surface area contributed by atoms with Crippen LogP contribution < -0.4 is 5.32 Å². The third kappa shape index (κ3) is 2.63. The van der Waals surface area contributed by atoms with Crippen LogP contribution in [0.3, 0.4) is 0 Å². The number of halogens is 2. The summed E-state index contributed by atoms with van der Waals surface area (Å²) in [6, 6.07) is 3.34. The number of nitrogens with one attached hydrogen (secondary N) is 1. The molecule has 0 spiro atoms. The van der Waals surface area contributed by atoms with Crippen molar-refractivity contribution < 1.29 is 19.0 Å². The zero-order chi connectivity index (χ0) is 13.3. The van der Waals surface area contributed by atoms with E-state index in [2.05, 4.69) is 5.32 Å². The molecule has 1 heterocycles. The summed E-state index contributed by atoms with van der Waals surface area (Å²) < 4.78 is 18.6. The van der Waals surface area contributed by atoms with Crippen LogP contribution in [-0.4, -0.2) is 29.8 Å². The van der Waals surface area contributed by atoms with E-state index < -0.39 is 23.9 Å². The van der Waals surface area contributed by atoms with E-state index in [1.165, 1.54) is 12.1 Å². The van der Waals surface area contributed by atoms with E-state index in [1.807, 2.05) is 0 Å². The standard InChI is InChI=1S/C12H13ClFNO3/c1-6-11(12(16)17)15-5-10(18-6)8-3-2-7(14)4-9(8)13/h2-4,6,10-11,15H,5H2,1H3,(H,16,17). The van der Waals surface area contributed by atoms with Crippen molar-refractivity contribution in [2.24, 2.45) is 0 Å². The van der Waals surface area contributed by atoms with Gasteiger partial charge in [-0.05, 0) is 19.1 Å². The lowest BCUT2D eigenvalue weighted by atomic mass is 10.0. The van der Waals surface area contributed by atoms with Crippen LogP contribution in [0.4, 0.5) is 4.39 Å². The van der Waals surface area contributed by atoms with E-state index in [0.29, 0.717) is 12.1 Å². The summed E-state index contributed by atoms with van der Waals surface area (Å²) in [6.07, 6.45) is -0.855. The van der Waals surface area contributed by atoms with Crippen molar-refractivity contribution in [2.75, 3.05) is 6.54 Å². The molecule has 0 bridgehead atoms. The van der Waals surface area contributed by atoms with Gasteiger partial charge in [-0.3, -0.25) is 10.1 Å². The van der Waals surface area contributed by atoms with E-state index in [4.69, 9.17) is 21.4 Å². The fourth-order valence-corrected chi connectivity index (χ4v) is 2.31. The molecule has 1 saturated heterocycles. The maximum absolute atomic E-state index is 12.9. The first kappa shape index (κ1) is 13.3. The summed E-state index contributed by atoms with van der Waals surface area (Å²) in [5.41, 5.74) is 0.654. The molecule has 0 aromatic heterocycles. The van der Waals surface area contributed by atoms with Crippen molar-refractivity contribution in [1.29, 1.82) is 0 Å².